The number of benzene rings is 1. The van der Waals surface area contributed by atoms with Crippen LogP contribution in [0.15, 0.2) is 29.2 Å². The van der Waals surface area contributed by atoms with Crippen molar-refractivity contribution in [2.75, 3.05) is 19.6 Å². The first-order valence-corrected chi connectivity index (χ1v) is 8.42. The fourth-order valence-corrected chi connectivity index (χ4v) is 5.01. The van der Waals surface area contributed by atoms with Crippen LogP contribution >= 0.6 is 11.6 Å². The number of nitrogens with one attached hydrogen (secondary N) is 2. The summed E-state index contributed by atoms with van der Waals surface area (Å²) >= 11 is 5.80. The third kappa shape index (κ3) is 2.40. The van der Waals surface area contributed by atoms with Gasteiger partial charge in [0.05, 0.1) is 10.1 Å². The average Bonchev–Trinajstić information content (AvgIpc) is 3.15. The lowest BCUT2D eigenvalue weighted by atomic mass is 10.3. The number of halogens is 1. The second kappa shape index (κ2) is 4.74. The highest BCUT2D eigenvalue weighted by Gasteiger charge is 2.61. The van der Waals surface area contributed by atoms with Crippen molar-refractivity contribution in [2.24, 2.45) is 0 Å². The summed E-state index contributed by atoms with van der Waals surface area (Å²) in [7, 11) is -3.27. The molecule has 3 rings (SSSR count). The summed E-state index contributed by atoms with van der Waals surface area (Å²) in [5.41, 5.74) is -0.269. The van der Waals surface area contributed by atoms with E-state index in [1.807, 2.05) is 0 Å². The third-order valence-electron chi connectivity index (χ3n) is 3.97. The first-order valence-electron chi connectivity index (χ1n) is 6.50. The van der Waals surface area contributed by atoms with Crippen LogP contribution in [0.4, 0.5) is 0 Å². The molecule has 2 unspecified atom stereocenters. The molecule has 1 aliphatic heterocycles. The highest BCUT2D eigenvalue weighted by atomic mass is 35.5. The largest absolute Gasteiger partial charge is 0.315 e. The number of hydrogen-bond acceptors (Lipinski definition) is 4. The van der Waals surface area contributed by atoms with Crippen LogP contribution in [-0.2, 0) is 9.84 Å². The SMILES string of the molecule is O=S(=O)(c1ccc(Cl)cc1)C1CC12CNCCCN2. The molecular weight excluding hydrogens is 284 g/mol. The molecule has 1 saturated carbocycles. The molecule has 2 aliphatic rings. The van der Waals surface area contributed by atoms with E-state index < -0.39 is 9.84 Å². The van der Waals surface area contributed by atoms with Crippen molar-refractivity contribution >= 4 is 21.4 Å². The van der Waals surface area contributed by atoms with Crippen LogP contribution < -0.4 is 10.6 Å². The second-order valence-electron chi connectivity index (χ2n) is 5.30. The van der Waals surface area contributed by atoms with Gasteiger partial charge in [0.25, 0.3) is 0 Å². The van der Waals surface area contributed by atoms with Crippen LogP contribution in [0.3, 0.4) is 0 Å². The molecule has 104 valence electrons. The standard InChI is InChI=1S/C13H17ClN2O2S/c14-10-2-4-11(5-3-10)19(17,18)12-8-13(12)9-15-6-1-7-16-13/h2-5,12,15-16H,1,6-9H2. The Hall–Kier alpha value is -0.620. The Morgan fingerprint density at radius 2 is 1.95 bits per heavy atom. The third-order valence-corrected chi connectivity index (χ3v) is 6.52. The number of sulfone groups is 1. The summed E-state index contributed by atoms with van der Waals surface area (Å²) in [6.07, 6.45) is 1.72. The monoisotopic (exact) mass is 300 g/mol. The fourth-order valence-electron chi connectivity index (χ4n) is 2.76. The molecule has 19 heavy (non-hydrogen) atoms. The maximum absolute atomic E-state index is 12.6. The summed E-state index contributed by atoms with van der Waals surface area (Å²) < 4.78 is 25.2. The van der Waals surface area contributed by atoms with Gasteiger partial charge in [-0.2, -0.15) is 0 Å². The Bertz CT molecular complexity index is 563. The molecule has 0 aromatic heterocycles. The van der Waals surface area contributed by atoms with E-state index in [-0.39, 0.29) is 10.8 Å². The predicted octanol–water partition coefficient (Wildman–Crippen LogP) is 1.21. The quantitative estimate of drug-likeness (QED) is 0.862. The van der Waals surface area contributed by atoms with Crippen LogP contribution in [0.1, 0.15) is 12.8 Å². The van der Waals surface area contributed by atoms with E-state index in [1.54, 1.807) is 24.3 Å². The van der Waals surface area contributed by atoms with Gasteiger partial charge in [0, 0.05) is 17.1 Å². The molecule has 1 aromatic rings. The molecule has 1 heterocycles. The lowest BCUT2D eigenvalue weighted by Crippen LogP contribution is -2.42. The molecule has 2 fully saturated rings. The molecule has 2 atom stereocenters. The van der Waals surface area contributed by atoms with E-state index in [0.29, 0.717) is 16.3 Å². The molecular formula is C13H17ClN2O2S. The maximum atomic E-state index is 12.6. The minimum Gasteiger partial charge on any atom is -0.315 e. The Labute approximate surface area is 118 Å². The molecule has 1 spiro atoms. The zero-order valence-electron chi connectivity index (χ0n) is 10.5. The van der Waals surface area contributed by atoms with Crippen LogP contribution in [-0.4, -0.2) is 38.8 Å². The molecule has 1 aliphatic carbocycles. The summed E-state index contributed by atoms with van der Waals surface area (Å²) in [5.74, 6) is 0. The fraction of sp³-hybridized carbons (Fsp3) is 0.538. The predicted molar refractivity (Wildman–Crippen MR) is 75.3 cm³/mol. The summed E-state index contributed by atoms with van der Waals surface area (Å²) in [5, 5.41) is 6.94. The molecule has 1 aromatic carbocycles. The number of hydrogen-bond donors (Lipinski definition) is 2. The van der Waals surface area contributed by atoms with Crippen LogP contribution in [0.2, 0.25) is 5.02 Å². The second-order valence-corrected chi connectivity index (χ2v) is 7.87. The van der Waals surface area contributed by atoms with Crippen LogP contribution in [0.5, 0.6) is 0 Å². The zero-order valence-corrected chi connectivity index (χ0v) is 12.1. The smallest absolute Gasteiger partial charge is 0.183 e. The molecule has 1 saturated heterocycles. The topological polar surface area (TPSA) is 58.2 Å². The van der Waals surface area contributed by atoms with E-state index in [1.165, 1.54) is 0 Å². The van der Waals surface area contributed by atoms with Crippen LogP contribution in [0.25, 0.3) is 0 Å². The zero-order chi connectivity index (χ0) is 13.5. The molecule has 0 radical (unpaired) electrons. The molecule has 6 heteroatoms. The minimum absolute atomic E-state index is 0.269. The van der Waals surface area contributed by atoms with E-state index in [9.17, 15) is 8.42 Å². The van der Waals surface area contributed by atoms with Gasteiger partial charge in [0.15, 0.2) is 9.84 Å². The maximum Gasteiger partial charge on any atom is 0.183 e. The van der Waals surface area contributed by atoms with Crippen molar-refractivity contribution in [3.8, 4) is 0 Å². The summed E-state index contributed by atoms with van der Waals surface area (Å²) in [6.45, 7) is 2.55. The van der Waals surface area contributed by atoms with Gasteiger partial charge in [0.1, 0.15) is 0 Å². The van der Waals surface area contributed by atoms with Crippen molar-refractivity contribution in [3.63, 3.8) is 0 Å². The minimum atomic E-state index is -3.27. The van der Waals surface area contributed by atoms with E-state index in [2.05, 4.69) is 10.6 Å². The van der Waals surface area contributed by atoms with Gasteiger partial charge in [-0.05, 0) is 50.2 Å². The Morgan fingerprint density at radius 3 is 2.68 bits per heavy atom. The van der Waals surface area contributed by atoms with Crippen LogP contribution in [0, 0.1) is 0 Å². The molecule has 4 nitrogen and oxygen atoms in total. The van der Waals surface area contributed by atoms with Gasteiger partial charge < -0.3 is 10.6 Å². The Kier molecular flexibility index (Phi) is 3.33. The van der Waals surface area contributed by atoms with Crippen molar-refractivity contribution in [3.05, 3.63) is 29.3 Å². The number of rotatable bonds is 2. The van der Waals surface area contributed by atoms with Gasteiger partial charge in [-0.1, -0.05) is 11.6 Å². The first-order chi connectivity index (χ1) is 9.05. The van der Waals surface area contributed by atoms with Gasteiger partial charge in [-0.15, -0.1) is 0 Å². The Morgan fingerprint density at radius 1 is 1.21 bits per heavy atom. The first kappa shape index (κ1) is 13.4. The summed E-state index contributed by atoms with van der Waals surface area (Å²) in [4.78, 5) is 0.366. The van der Waals surface area contributed by atoms with E-state index in [4.69, 9.17) is 11.6 Å². The van der Waals surface area contributed by atoms with Gasteiger partial charge in [0.2, 0.25) is 0 Å². The molecule has 0 bridgehead atoms. The average molecular weight is 301 g/mol. The summed E-state index contributed by atoms with van der Waals surface area (Å²) in [6, 6.07) is 6.44. The highest BCUT2D eigenvalue weighted by molar-refractivity contribution is 7.92. The molecule has 0 amide bonds. The van der Waals surface area contributed by atoms with Crippen molar-refractivity contribution < 1.29 is 8.42 Å². The van der Waals surface area contributed by atoms with E-state index in [0.717, 1.165) is 26.1 Å². The van der Waals surface area contributed by atoms with Gasteiger partial charge in [-0.25, -0.2) is 8.42 Å². The lowest BCUT2D eigenvalue weighted by molar-refractivity contribution is 0.508. The highest BCUT2D eigenvalue weighted by Crippen LogP contribution is 2.44. The van der Waals surface area contributed by atoms with Crippen molar-refractivity contribution in [2.45, 2.75) is 28.5 Å². The van der Waals surface area contributed by atoms with Gasteiger partial charge in [-0.3, -0.25) is 0 Å². The van der Waals surface area contributed by atoms with Crippen molar-refractivity contribution in [1.29, 1.82) is 0 Å². The van der Waals surface area contributed by atoms with Crippen molar-refractivity contribution in [1.82, 2.24) is 10.6 Å². The molecule has 2 N–H and O–H groups in total. The Balaban J connectivity index is 1.84. The normalized spacial score (nSPS) is 31.1. The van der Waals surface area contributed by atoms with Gasteiger partial charge >= 0.3 is 0 Å². The lowest BCUT2D eigenvalue weighted by Gasteiger charge is -2.16. The van der Waals surface area contributed by atoms with E-state index >= 15 is 0 Å².